The van der Waals surface area contributed by atoms with E-state index >= 15 is 0 Å². The summed E-state index contributed by atoms with van der Waals surface area (Å²) in [5.74, 6) is -0.836. The first-order chi connectivity index (χ1) is 20.3. The van der Waals surface area contributed by atoms with Crippen molar-refractivity contribution in [3.05, 3.63) is 70.9 Å². The van der Waals surface area contributed by atoms with Crippen LogP contribution in [0.15, 0.2) is 48.7 Å². The quantitative estimate of drug-likeness (QED) is 0.275. The van der Waals surface area contributed by atoms with Crippen LogP contribution in [-0.2, 0) is 23.5 Å². The van der Waals surface area contributed by atoms with Gasteiger partial charge in [-0.2, -0.15) is 26.3 Å². The van der Waals surface area contributed by atoms with Gasteiger partial charge in [-0.1, -0.05) is 18.2 Å². The van der Waals surface area contributed by atoms with Crippen LogP contribution >= 0.6 is 24.8 Å². The fourth-order valence-electron chi connectivity index (χ4n) is 6.35. The molecule has 1 amide bonds. The minimum Gasteiger partial charge on any atom is -0.373 e. The van der Waals surface area contributed by atoms with Crippen LogP contribution in [0.4, 0.5) is 26.3 Å². The number of morpholine rings is 1. The molecule has 2 fully saturated rings. The predicted molar refractivity (Wildman–Crippen MR) is 165 cm³/mol. The fraction of sp³-hybridized carbons (Fsp3) is 0.516. The molecule has 1 N–H and O–H groups in total. The molecule has 0 unspecified atom stereocenters. The lowest BCUT2D eigenvalue weighted by atomic mass is 9.98. The number of nitrogens with one attached hydrogen (secondary N) is 1. The van der Waals surface area contributed by atoms with E-state index in [0.29, 0.717) is 31.6 Å². The number of H-pyrrole nitrogens is 1. The Bertz CT molecular complexity index is 1390. The molecular weight excluding hydrogens is 645 g/mol. The third-order valence-electron chi connectivity index (χ3n) is 8.24. The predicted octanol–water partition coefficient (Wildman–Crippen LogP) is 6.92. The molecule has 0 bridgehead atoms. The molecule has 14 heteroatoms. The van der Waals surface area contributed by atoms with E-state index in [-0.39, 0.29) is 49.6 Å². The van der Waals surface area contributed by atoms with E-state index in [1.807, 2.05) is 30.5 Å². The number of fused-ring (bicyclic) bond motifs is 1. The van der Waals surface area contributed by atoms with Crippen molar-refractivity contribution in [1.82, 2.24) is 19.7 Å². The number of aromatic nitrogens is 1. The number of piperazine rings is 1. The van der Waals surface area contributed by atoms with E-state index in [1.54, 1.807) is 0 Å². The molecule has 5 rings (SSSR count). The van der Waals surface area contributed by atoms with Crippen molar-refractivity contribution in [3.63, 3.8) is 0 Å². The fourth-order valence-corrected chi connectivity index (χ4v) is 6.35. The van der Waals surface area contributed by atoms with Gasteiger partial charge in [0.05, 0.1) is 23.3 Å². The number of aromatic amines is 1. The molecule has 2 aliphatic rings. The molecule has 2 aromatic carbocycles. The Balaban J connectivity index is 0.00000276. The zero-order chi connectivity index (χ0) is 30.9. The van der Waals surface area contributed by atoms with Crippen LogP contribution in [0.2, 0.25) is 0 Å². The van der Waals surface area contributed by atoms with Crippen LogP contribution in [-0.4, -0.2) is 89.7 Å². The van der Waals surface area contributed by atoms with Crippen molar-refractivity contribution in [2.75, 3.05) is 45.8 Å². The number of alkyl halides is 6. The minimum atomic E-state index is -5.03. The minimum absolute atomic E-state index is 0. The Morgan fingerprint density at radius 2 is 1.47 bits per heavy atom. The summed E-state index contributed by atoms with van der Waals surface area (Å²) in [6.45, 7) is 8.56. The average Bonchev–Trinajstić information content (AvgIpc) is 3.34. The molecule has 0 radical (unpaired) electrons. The normalized spacial score (nSPS) is 21.8. The van der Waals surface area contributed by atoms with E-state index in [4.69, 9.17) is 4.74 Å². The highest BCUT2D eigenvalue weighted by atomic mass is 35.5. The van der Waals surface area contributed by atoms with Crippen molar-refractivity contribution in [3.8, 4) is 0 Å². The first kappa shape index (κ1) is 37.0. The second-order valence-corrected chi connectivity index (χ2v) is 11.7. The highest BCUT2D eigenvalue weighted by Crippen LogP contribution is 2.37. The van der Waals surface area contributed by atoms with Gasteiger partial charge in [0.2, 0.25) is 0 Å². The molecule has 3 heterocycles. The number of carbonyl (C=O) groups is 1. The summed E-state index contributed by atoms with van der Waals surface area (Å²) in [6.07, 6.45) is -6.62. The van der Waals surface area contributed by atoms with Crippen LogP contribution < -0.4 is 0 Å². The van der Waals surface area contributed by atoms with Gasteiger partial charge in [-0.3, -0.25) is 14.6 Å². The van der Waals surface area contributed by atoms with Gasteiger partial charge >= 0.3 is 12.4 Å². The SMILES string of the molecule is C[C@@H]1CN(CCCN2CCN(C(=O)c3cc(C(F)(F)F)cc(C(F)(F)F)c3)[C@H](Cc3c[nH]c4ccccc34)C2)C[C@H](C)O1.Cl.Cl. The first-order valence-electron chi connectivity index (χ1n) is 14.5. The smallest absolute Gasteiger partial charge is 0.373 e. The summed E-state index contributed by atoms with van der Waals surface area (Å²) in [6, 6.07) is 8.30. The van der Waals surface area contributed by atoms with E-state index in [0.717, 1.165) is 49.1 Å². The summed E-state index contributed by atoms with van der Waals surface area (Å²) < 4.78 is 87.1. The molecule has 0 spiro atoms. The molecule has 1 aromatic heterocycles. The lowest BCUT2D eigenvalue weighted by Gasteiger charge is -2.42. The van der Waals surface area contributed by atoms with Crippen molar-refractivity contribution in [1.29, 1.82) is 0 Å². The average molecular weight is 684 g/mol. The van der Waals surface area contributed by atoms with E-state index in [9.17, 15) is 31.1 Å². The van der Waals surface area contributed by atoms with Crippen molar-refractivity contribution in [2.45, 2.75) is 57.3 Å². The number of para-hydroxylation sites is 1. The summed E-state index contributed by atoms with van der Waals surface area (Å²) in [7, 11) is 0. The standard InChI is InChI=1S/C31H36F6N4O2.2ClH/c1-20-17-40(18-21(2)43-20)9-5-8-39-10-11-41(26(19-39)14-23-16-38-28-7-4-3-6-27(23)28)29(42)22-12-24(30(32,33)34)15-25(13-22)31(35,36)37;;/h3-4,6-7,12-13,15-16,20-21,26,38H,5,8-11,14,17-19H2,1-2H3;2*1H/t20-,21+,26-;;/m1../s1. The lowest BCUT2D eigenvalue weighted by Crippen LogP contribution is -2.56. The number of benzene rings is 2. The summed E-state index contributed by atoms with van der Waals surface area (Å²) in [5.41, 5.74) is -1.77. The zero-order valence-corrected chi connectivity index (χ0v) is 26.6. The van der Waals surface area contributed by atoms with Gasteiger partial charge in [0, 0.05) is 61.4 Å². The molecule has 3 aromatic rings. The van der Waals surface area contributed by atoms with Crippen LogP contribution in [0.25, 0.3) is 10.9 Å². The summed E-state index contributed by atoms with van der Waals surface area (Å²) in [4.78, 5) is 22.9. The zero-order valence-electron chi connectivity index (χ0n) is 25.0. The van der Waals surface area contributed by atoms with E-state index in [1.165, 1.54) is 4.90 Å². The van der Waals surface area contributed by atoms with Crippen LogP contribution in [0.1, 0.15) is 47.3 Å². The number of halogens is 8. The number of amides is 1. The molecular formula is C31H38Cl2F6N4O2. The molecule has 3 atom stereocenters. The Morgan fingerprint density at radius 3 is 2.09 bits per heavy atom. The van der Waals surface area contributed by atoms with E-state index < -0.39 is 41.0 Å². The Kier molecular flexibility index (Phi) is 12.3. The monoisotopic (exact) mass is 682 g/mol. The van der Waals surface area contributed by atoms with Gasteiger partial charge in [-0.15, -0.1) is 24.8 Å². The van der Waals surface area contributed by atoms with E-state index in [2.05, 4.69) is 28.6 Å². The third-order valence-corrected chi connectivity index (χ3v) is 8.24. The van der Waals surface area contributed by atoms with Crippen molar-refractivity contribution >= 4 is 41.6 Å². The van der Waals surface area contributed by atoms with Gasteiger partial charge in [0.25, 0.3) is 5.91 Å². The van der Waals surface area contributed by atoms with Gasteiger partial charge in [0.15, 0.2) is 0 Å². The van der Waals surface area contributed by atoms with Crippen LogP contribution in [0.3, 0.4) is 0 Å². The highest BCUT2D eigenvalue weighted by molar-refractivity contribution is 5.95. The first-order valence-corrected chi connectivity index (χ1v) is 14.5. The number of hydrogen-bond donors (Lipinski definition) is 1. The Labute approximate surface area is 270 Å². The summed E-state index contributed by atoms with van der Waals surface area (Å²) in [5, 5.41) is 0.959. The lowest BCUT2D eigenvalue weighted by molar-refractivity contribution is -0.143. The van der Waals surface area contributed by atoms with Crippen LogP contribution in [0.5, 0.6) is 0 Å². The molecule has 2 aliphatic heterocycles. The highest BCUT2D eigenvalue weighted by Gasteiger charge is 2.39. The largest absolute Gasteiger partial charge is 0.416 e. The second-order valence-electron chi connectivity index (χ2n) is 11.7. The number of nitrogens with zero attached hydrogens (tertiary/aromatic N) is 3. The molecule has 45 heavy (non-hydrogen) atoms. The molecule has 0 aliphatic carbocycles. The van der Waals surface area contributed by atoms with Gasteiger partial charge in [-0.25, -0.2) is 0 Å². The molecule has 0 saturated carbocycles. The number of carbonyl (C=O) groups excluding carboxylic acids is 1. The molecule has 2 saturated heterocycles. The second kappa shape index (κ2) is 14.9. The maximum atomic E-state index is 13.7. The number of rotatable bonds is 7. The third kappa shape index (κ3) is 9.06. The maximum Gasteiger partial charge on any atom is 0.416 e. The van der Waals surface area contributed by atoms with Crippen molar-refractivity contribution < 1.29 is 35.9 Å². The summed E-state index contributed by atoms with van der Waals surface area (Å²) >= 11 is 0. The van der Waals surface area contributed by atoms with Gasteiger partial charge in [-0.05, 0) is 69.6 Å². The topological polar surface area (TPSA) is 51.8 Å². The van der Waals surface area contributed by atoms with Gasteiger partial charge < -0.3 is 14.6 Å². The van der Waals surface area contributed by atoms with Crippen molar-refractivity contribution in [2.24, 2.45) is 0 Å². The molecule has 6 nitrogen and oxygen atoms in total. The van der Waals surface area contributed by atoms with Gasteiger partial charge in [0.1, 0.15) is 0 Å². The number of ether oxygens (including phenoxy) is 1. The maximum absolute atomic E-state index is 13.7. The Morgan fingerprint density at radius 1 is 0.867 bits per heavy atom. The van der Waals surface area contributed by atoms with Crippen LogP contribution in [0, 0.1) is 0 Å². The Hall–Kier alpha value is -2.51. The number of hydrogen-bond acceptors (Lipinski definition) is 4. The molecule has 250 valence electrons.